The molecular formula is C24H28O2. The van der Waals surface area contributed by atoms with E-state index >= 15 is 0 Å². The van der Waals surface area contributed by atoms with E-state index in [4.69, 9.17) is 4.74 Å². The Hall–Kier alpha value is -1.83. The van der Waals surface area contributed by atoms with Crippen LogP contribution < -0.4 is 4.74 Å². The number of ether oxygens (including phenoxy) is 1. The van der Waals surface area contributed by atoms with E-state index in [-0.39, 0.29) is 22.2 Å². The van der Waals surface area contributed by atoms with Gasteiger partial charge in [0.25, 0.3) is 0 Å². The van der Waals surface area contributed by atoms with Crippen molar-refractivity contribution in [3.63, 3.8) is 0 Å². The zero-order chi connectivity index (χ0) is 18.0. The van der Waals surface area contributed by atoms with Crippen LogP contribution in [0.15, 0.2) is 48.6 Å². The molecular weight excluding hydrogens is 320 g/mol. The normalized spacial score (nSPS) is 43.1. The number of allylic oxidation sites excluding steroid dienone is 4. The maximum Gasteiger partial charge on any atom is 0.159 e. The molecule has 5 atom stereocenters. The van der Waals surface area contributed by atoms with Gasteiger partial charge >= 0.3 is 0 Å². The second kappa shape index (κ2) is 5.34. The summed E-state index contributed by atoms with van der Waals surface area (Å²) in [5.74, 6) is 1.79. The summed E-state index contributed by atoms with van der Waals surface area (Å²) in [5.41, 5.74) is 1.47. The maximum absolute atomic E-state index is 13.3. The molecule has 0 spiro atoms. The molecule has 136 valence electrons. The van der Waals surface area contributed by atoms with E-state index in [0.29, 0.717) is 11.7 Å². The van der Waals surface area contributed by atoms with Crippen LogP contribution in [0.4, 0.5) is 0 Å². The first kappa shape index (κ1) is 16.4. The molecule has 4 aliphatic rings. The Bertz CT molecular complexity index is 804. The second-order valence-electron chi connectivity index (χ2n) is 8.98. The lowest BCUT2D eigenvalue weighted by Crippen LogP contribution is -2.47. The molecule has 0 aromatic heterocycles. The Balaban J connectivity index is 1.76. The van der Waals surface area contributed by atoms with Crippen LogP contribution in [0.2, 0.25) is 0 Å². The van der Waals surface area contributed by atoms with Gasteiger partial charge in [-0.25, -0.2) is 0 Å². The van der Waals surface area contributed by atoms with Gasteiger partial charge in [-0.3, -0.25) is 4.79 Å². The molecule has 2 nitrogen and oxygen atoms in total. The molecule has 2 fully saturated rings. The largest absolute Gasteiger partial charge is 0.497 e. The summed E-state index contributed by atoms with van der Waals surface area (Å²) in [6.45, 7) is 2.49. The van der Waals surface area contributed by atoms with E-state index in [9.17, 15) is 4.79 Å². The highest BCUT2D eigenvalue weighted by Crippen LogP contribution is 2.79. The molecule has 0 radical (unpaired) electrons. The zero-order valence-corrected chi connectivity index (χ0v) is 15.8. The minimum Gasteiger partial charge on any atom is -0.497 e. The fourth-order valence-electron chi connectivity index (χ4n) is 7.39. The van der Waals surface area contributed by atoms with Gasteiger partial charge < -0.3 is 4.74 Å². The quantitative estimate of drug-likeness (QED) is 0.684. The Morgan fingerprint density at radius 2 is 1.85 bits per heavy atom. The first-order chi connectivity index (χ1) is 12.6. The van der Waals surface area contributed by atoms with E-state index < -0.39 is 0 Å². The monoisotopic (exact) mass is 348 g/mol. The zero-order valence-electron chi connectivity index (χ0n) is 15.8. The van der Waals surface area contributed by atoms with Gasteiger partial charge in [-0.05, 0) is 66.2 Å². The van der Waals surface area contributed by atoms with Gasteiger partial charge in [0, 0.05) is 11.3 Å². The van der Waals surface area contributed by atoms with Gasteiger partial charge in [-0.1, -0.05) is 50.1 Å². The number of hydrogen-bond donors (Lipinski definition) is 0. The van der Waals surface area contributed by atoms with Crippen LogP contribution in [-0.4, -0.2) is 12.9 Å². The van der Waals surface area contributed by atoms with E-state index in [1.54, 1.807) is 7.11 Å². The van der Waals surface area contributed by atoms with Crippen molar-refractivity contribution >= 4 is 5.78 Å². The number of fused-ring (bicyclic) bond motifs is 2. The lowest BCUT2D eigenvalue weighted by atomic mass is 9.52. The summed E-state index contributed by atoms with van der Waals surface area (Å²) in [4.78, 5) is 13.3. The Kier molecular flexibility index (Phi) is 3.36. The van der Waals surface area contributed by atoms with Gasteiger partial charge in [0.15, 0.2) is 5.78 Å². The molecule has 2 saturated carbocycles. The van der Waals surface area contributed by atoms with Gasteiger partial charge in [-0.2, -0.15) is 0 Å². The third-order valence-corrected chi connectivity index (χ3v) is 8.46. The van der Waals surface area contributed by atoms with Crippen molar-refractivity contribution in [2.24, 2.45) is 22.7 Å². The van der Waals surface area contributed by atoms with Crippen LogP contribution in [0.25, 0.3) is 0 Å². The molecule has 0 aliphatic heterocycles. The number of rotatable bonds is 2. The van der Waals surface area contributed by atoms with Crippen LogP contribution in [0.1, 0.15) is 51.0 Å². The molecule has 2 bridgehead atoms. The number of hydrogen-bond acceptors (Lipinski definition) is 2. The molecule has 5 rings (SSSR count). The van der Waals surface area contributed by atoms with Crippen molar-refractivity contribution in [3.8, 4) is 5.75 Å². The molecule has 0 heterocycles. The molecule has 1 aromatic carbocycles. The lowest BCUT2D eigenvalue weighted by molar-refractivity contribution is -0.121. The predicted octanol–water partition coefficient (Wildman–Crippen LogP) is 5.23. The summed E-state index contributed by atoms with van der Waals surface area (Å²) >= 11 is 0. The highest BCUT2D eigenvalue weighted by molar-refractivity contribution is 5.95. The van der Waals surface area contributed by atoms with Crippen LogP contribution >= 0.6 is 0 Å². The van der Waals surface area contributed by atoms with Crippen molar-refractivity contribution in [1.29, 1.82) is 0 Å². The Labute approximate surface area is 156 Å². The number of ketones is 1. The summed E-state index contributed by atoms with van der Waals surface area (Å²) in [7, 11) is 1.71. The van der Waals surface area contributed by atoms with Crippen molar-refractivity contribution in [2.45, 2.75) is 50.9 Å². The highest BCUT2D eigenvalue weighted by Gasteiger charge is 2.76. The minimum atomic E-state index is -0.171. The summed E-state index contributed by atoms with van der Waals surface area (Å²) in [6.07, 6.45) is 16.2. The number of carbonyl (C=O) groups excluding carboxylic acids is 1. The summed E-state index contributed by atoms with van der Waals surface area (Å²) in [6, 6.07) is 8.55. The minimum absolute atomic E-state index is 0.0859. The van der Waals surface area contributed by atoms with Gasteiger partial charge in [0.1, 0.15) is 5.75 Å². The number of benzene rings is 1. The fourth-order valence-corrected chi connectivity index (χ4v) is 7.39. The highest BCUT2D eigenvalue weighted by atomic mass is 16.5. The molecule has 4 aliphatic carbocycles. The van der Waals surface area contributed by atoms with Crippen molar-refractivity contribution in [1.82, 2.24) is 0 Å². The van der Waals surface area contributed by atoms with Crippen LogP contribution in [0.3, 0.4) is 0 Å². The number of methoxy groups -OCH3 is 1. The second-order valence-corrected chi connectivity index (χ2v) is 8.98. The van der Waals surface area contributed by atoms with Crippen molar-refractivity contribution in [2.75, 3.05) is 7.11 Å². The standard InChI is InChI=1S/C24H28O2/c1-22-13-5-6-14-23(22)15-16-24(22,17-9-11-18(26-2)12-10-17)21-19(23)7-3-4-8-20(21)25/h4,8-12,15-16,19,21H,3,5-7,13-14H2,1-2H3/t19-,21-,22+,23-,24-/m0/s1. The van der Waals surface area contributed by atoms with Crippen LogP contribution in [0, 0.1) is 22.7 Å². The van der Waals surface area contributed by atoms with E-state index in [1.807, 2.05) is 6.08 Å². The fraction of sp³-hybridized carbons (Fsp3) is 0.542. The van der Waals surface area contributed by atoms with Crippen LogP contribution in [-0.2, 0) is 10.2 Å². The molecule has 0 saturated heterocycles. The SMILES string of the molecule is COc1ccc([C@]23C=C[C@@]4(CCCC[C@@]24C)[C@H]2CCC=CC(=O)[C@H]23)cc1. The van der Waals surface area contributed by atoms with Gasteiger partial charge in [0.2, 0.25) is 0 Å². The molecule has 0 unspecified atom stereocenters. The third kappa shape index (κ3) is 1.67. The molecule has 0 amide bonds. The smallest absolute Gasteiger partial charge is 0.159 e. The van der Waals surface area contributed by atoms with Crippen LogP contribution in [0.5, 0.6) is 5.75 Å². The van der Waals surface area contributed by atoms with Gasteiger partial charge in [0.05, 0.1) is 7.11 Å². The summed E-state index contributed by atoms with van der Waals surface area (Å²) < 4.78 is 5.39. The average Bonchev–Trinajstić information content (AvgIpc) is 2.92. The molecule has 2 heteroatoms. The van der Waals surface area contributed by atoms with E-state index in [2.05, 4.69) is 49.4 Å². The molecule has 1 aromatic rings. The number of carbonyl (C=O) groups is 1. The van der Waals surface area contributed by atoms with E-state index in [1.165, 1.54) is 31.2 Å². The van der Waals surface area contributed by atoms with Crippen molar-refractivity contribution < 1.29 is 9.53 Å². The van der Waals surface area contributed by atoms with Crippen molar-refractivity contribution in [3.05, 3.63) is 54.1 Å². The Morgan fingerprint density at radius 1 is 1.08 bits per heavy atom. The summed E-state index contributed by atoms with van der Waals surface area (Å²) in [5, 5.41) is 0. The lowest BCUT2D eigenvalue weighted by Gasteiger charge is -2.51. The first-order valence-corrected chi connectivity index (χ1v) is 10.1. The average molecular weight is 348 g/mol. The first-order valence-electron chi connectivity index (χ1n) is 10.1. The third-order valence-electron chi connectivity index (χ3n) is 8.46. The molecule has 26 heavy (non-hydrogen) atoms. The Morgan fingerprint density at radius 3 is 2.62 bits per heavy atom. The molecule has 0 N–H and O–H groups in total. The van der Waals surface area contributed by atoms with E-state index in [0.717, 1.165) is 18.6 Å². The topological polar surface area (TPSA) is 26.3 Å². The predicted molar refractivity (Wildman–Crippen MR) is 103 cm³/mol. The van der Waals surface area contributed by atoms with Gasteiger partial charge in [-0.15, -0.1) is 0 Å². The maximum atomic E-state index is 13.3.